The third kappa shape index (κ3) is 3.72. The Morgan fingerprint density at radius 2 is 2.07 bits per heavy atom. The number of hydrogen-bond donors (Lipinski definition) is 1. The number of carbonyl (C=O) groups excluding carboxylic acids is 1. The summed E-state index contributed by atoms with van der Waals surface area (Å²) in [6.45, 7) is 0. The molecule has 1 aliphatic heterocycles. The van der Waals surface area contributed by atoms with Crippen molar-refractivity contribution in [3.05, 3.63) is 34.9 Å². The Kier molecular flexibility index (Phi) is 5.27. The predicted octanol–water partition coefficient (Wildman–Crippen LogP) is 5.19. The lowest BCUT2D eigenvalue weighted by Crippen LogP contribution is -2.39. The van der Waals surface area contributed by atoms with Gasteiger partial charge in [0.25, 0.3) is 5.91 Å². The number of fused-ring (bicyclic) bond motifs is 1. The Balaban J connectivity index is 1.68. The van der Waals surface area contributed by atoms with E-state index in [9.17, 15) is 18.0 Å². The number of aromatic nitrogens is 2. The molecule has 1 N–H and O–H groups in total. The molecule has 1 saturated carbocycles. The Hall–Kier alpha value is -2.16. The number of nitrogens with one attached hydrogen (secondary N) is 1. The number of rotatable bonds is 3. The van der Waals surface area contributed by atoms with Gasteiger partial charge in [0, 0.05) is 19.5 Å². The van der Waals surface area contributed by atoms with Gasteiger partial charge in [0.05, 0.1) is 12.3 Å². The van der Waals surface area contributed by atoms with Gasteiger partial charge in [-0.2, -0.15) is 18.3 Å². The number of amides is 1. The van der Waals surface area contributed by atoms with Crippen molar-refractivity contribution in [3.63, 3.8) is 0 Å². The van der Waals surface area contributed by atoms with Gasteiger partial charge in [-0.25, -0.2) is 4.68 Å². The first kappa shape index (κ1) is 20.1. The highest BCUT2D eigenvalue weighted by molar-refractivity contribution is 6.36. The van der Waals surface area contributed by atoms with Crippen LogP contribution in [-0.4, -0.2) is 39.9 Å². The molecular formula is C19H22ClF3N4O2. The summed E-state index contributed by atoms with van der Waals surface area (Å²) in [6, 6.07) is 0.633. The van der Waals surface area contributed by atoms with Crippen LogP contribution in [0.1, 0.15) is 66.9 Å². The predicted molar refractivity (Wildman–Crippen MR) is 101 cm³/mol. The molecule has 0 aromatic carbocycles. The summed E-state index contributed by atoms with van der Waals surface area (Å²) in [5.74, 6) is -0.0990. The number of alkyl halides is 3. The molecular weight excluding hydrogens is 409 g/mol. The van der Waals surface area contributed by atoms with Gasteiger partial charge in [-0.1, -0.05) is 30.9 Å². The fraction of sp³-hybridized carbons (Fsp3) is 0.579. The van der Waals surface area contributed by atoms with Crippen LogP contribution in [-0.2, 0) is 0 Å². The third-order valence-corrected chi connectivity index (χ3v) is 6.19. The number of carbonyl (C=O) groups is 1. The van der Waals surface area contributed by atoms with Crippen LogP contribution in [0.15, 0.2) is 22.8 Å². The lowest BCUT2D eigenvalue weighted by atomic mass is 9.94. The molecule has 4 rings (SSSR count). The Labute approximate surface area is 171 Å². The van der Waals surface area contributed by atoms with Crippen molar-refractivity contribution in [1.82, 2.24) is 14.7 Å². The van der Waals surface area contributed by atoms with Gasteiger partial charge in [0.2, 0.25) is 0 Å². The molecule has 2 atom stereocenters. The SMILES string of the molecule is CN(C(=O)c1nn2c(c1Cl)N[C@H](c1ccco1)C[C@H]2C(F)(F)F)C1CCCCC1. The van der Waals surface area contributed by atoms with Crippen molar-refractivity contribution in [2.24, 2.45) is 0 Å². The van der Waals surface area contributed by atoms with E-state index in [0.29, 0.717) is 5.76 Å². The van der Waals surface area contributed by atoms with E-state index < -0.39 is 24.2 Å². The Bertz CT molecular complexity index is 875. The standard InChI is InChI=1S/C19H22ClF3N4O2/c1-26(11-6-3-2-4-7-11)18(28)16-15(20)17-24-12(13-8-5-9-29-13)10-14(19(21,22)23)27(17)25-16/h5,8-9,11-12,14,24H,2-4,6-7,10H2,1H3/t12-,14-/m0/s1. The molecule has 1 aliphatic carbocycles. The third-order valence-electron chi connectivity index (χ3n) is 5.83. The Morgan fingerprint density at radius 1 is 1.34 bits per heavy atom. The molecule has 3 heterocycles. The molecule has 0 unspecified atom stereocenters. The zero-order valence-corrected chi connectivity index (χ0v) is 16.6. The average Bonchev–Trinajstić information content (AvgIpc) is 3.35. The van der Waals surface area contributed by atoms with Gasteiger partial charge in [-0.15, -0.1) is 0 Å². The quantitative estimate of drug-likeness (QED) is 0.727. The van der Waals surface area contributed by atoms with E-state index in [0.717, 1.165) is 36.8 Å². The molecule has 29 heavy (non-hydrogen) atoms. The second-order valence-corrected chi connectivity index (χ2v) is 8.05. The van der Waals surface area contributed by atoms with Crippen molar-refractivity contribution in [3.8, 4) is 0 Å². The normalized spacial score (nSPS) is 22.8. The first-order valence-corrected chi connectivity index (χ1v) is 10.1. The highest BCUT2D eigenvalue weighted by atomic mass is 35.5. The Morgan fingerprint density at radius 3 is 2.69 bits per heavy atom. The monoisotopic (exact) mass is 430 g/mol. The highest BCUT2D eigenvalue weighted by Gasteiger charge is 2.48. The molecule has 1 fully saturated rings. The molecule has 0 bridgehead atoms. The average molecular weight is 431 g/mol. The van der Waals surface area contributed by atoms with Crippen molar-refractivity contribution in [2.75, 3.05) is 12.4 Å². The van der Waals surface area contributed by atoms with Crippen molar-refractivity contribution in [2.45, 2.75) is 62.8 Å². The van der Waals surface area contributed by atoms with E-state index >= 15 is 0 Å². The van der Waals surface area contributed by atoms with E-state index in [1.165, 1.54) is 6.26 Å². The lowest BCUT2D eigenvalue weighted by molar-refractivity contribution is -0.174. The van der Waals surface area contributed by atoms with Crippen LogP contribution >= 0.6 is 11.6 Å². The maximum Gasteiger partial charge on any atom is 0.410 e. The molecule has 2 aromatic heterocycles. The first-order valence-electron chi connectivity index (χ1n) is 9.69. The molecule has 6 nitrogen and oxygen atoms in total. The fourth-order valence-electron chi connectivity index (χ4n) is 4.20. The molecule has 0 spiro atoms. The molecule has 10 heteroatoms. The minimum absolute atomic E-state index is 0.0120. The molecule has 1 amide bonds. The van der Waals surface area contributed by atoms with Crippen LogP contribution in [0, 0.1) is 0 Å². The van der Waals surface area contributed by atoms with Crippen LogP contribution in [0.2, 0.25) is 5.02 Å². The smallest absolute Gasteiger partial charge is 0.410 e. The van der Waals surface area contributed by atoms with Crippen LogP contribution in [0.3, 0.4) is 0 Å². The van der Waals surface area contributed by atoms with E-state index in [1.807, 2.05) is 0 Å². The molecule has 2 aromatic rings. The van der Waals surface area contributed by atoms with Gasteiger partial charge >= 0.3 is 6.18 Å². The number of nitrogens with zero attached hydrogens (tertiary/aromatic N) is 3. The summed E-state index contributed by atoms with van der Waals surface area (Å²) >= 11 is 6.37. The van der Waals surface area contributed by atoms with Crippen LogP contribution in [0.4, 0.5) is 19.0 Å². The molecule has 0 saturated heterocycles. The second kappa shape index (κ2) is 7.59. The number of halogens is 4. The zero-order valence-electron chi connectivity index (χ0n) is 15.9. The van der Waals surface area contributed by atoms with Crippen LogP contribution < -0.4 is 5.32 Å². The zero-order chi connectivity index (χ0) is 20.8. The summed E-state index contributed by atoms with van der Waals surface area (Å²) < 4.78 is 47.4. The van der Waals surface area contributed by atoms with Crippen molar-refractivity contribution in [1.29, 1.82) is 0 Å². The second-order valence-electron chi connectivity index (χ2n) is 7.67. The fourth-order valence-corrected chi connectivity index (χ4v) is 4.46. The summed E-state index contributed by atoms with van der Waals surface area (Å²) in [7, 11) is 1.66. The highest BCUT2D eigenvalue weighted by Crippen LogP contribution is 2.46. The summed E-state index contributed by atoms with van der Waals surface area (Å²) in [5.41, 5.74) is -0.156. The lowest BCUT2D eigenvalue weighted by Gasteiger charge is -2.32. The summed E-state index contributed by atoms with van der Waals surface area (Å²) in [4.78, 5) is 14.5. The van der Waals surface area contributed by atoms with Crippen LogP contribution in [0.25, 0.3) is 0 Å². The minimum atomic E-state index is -4.55. The van der Waals surface area contributed by atoms with Gasteiger partial charge in [0.15, 0.2) is 11.7 Å². The number of hydrogen-bond acceptors (Lipinski definition) is 4. The van der Waals surface area contributed by atoms with Gasteiger partial charge in [0.1, 0.15) is 16.6 Å². The number of furan rings is 1. The van der Waals surface area contributed by atoms with E-state index in [1.54, 1.807) is 24.1 Å². The van der Waals surface area contributed by atoms with Crippen molar-refractivity contribution < 1.29 is 22.4 Å². The maximum absolute atomic E-state index is 13.8. The topological polar surface area (TPSA) is 63.3 Å². The molecule has 0 radical (unpaired) electrons. The molecule has 2 aliphatic rings. The summed E-state index contributed by atoms with van der Waals surface area (Å²) in [5, 5.41) is 6.88. The van der Waals surface area contributed by atoms with Gasteiger partial charge in [-0.05, 0) is 25.0 Å². The molecule has 158 valence electrons. The van der Waals surface area contributed by atoms with E-state index in [2.05, 4.69) is 10.4 Å². The maximum atomic E-state index is 13.8. The van der Waals surface area contributed by atoms with Gasteiger partial charge in [-0.3, -0.25) is 4.79 Å². The largest absolute Gasteiger partial charge is 0.467 e. The van der Waals surface area contributed by atoms with Crippen LogP contribution in [0.5, 0.6) is 0 Å². The minimum Gasteiger partial charge on any atom is -0.467 e. The number of anilines is 1. The van der Waals surface area contributed by atoms with E-state index in [4.69, 9.17) is 16.0 Å². The van der Waals surface area contributed by atoms with E-state index in [-0.39, 0.29) is 29.0 Å². The van der Waals surface area contributed by atoms with Crippen molar-refractivity contribution >= 4 is 23.3 Å². The van der Waals surface area contributed by atoms with Gasteiger partial charge < -0.3 is 14.6 Å². The first-order chi connectivity index (χ1) is 13.8. The summed E-state index contributed by atoms with van der Waals surface area (Å²) in [6.07, 6.45) is 1.47.